The van der Waals surface area contributed by atoms with Gasteiger partial charge in [-0.2, -0.15) is 0 Å². The van der Waals surface area contributed by atoms with Gasteiger partial charge in [0.15, 0.2) is 12.4 Å². The smallest absolute Gasteiger partial charge is 0.344 e. The SMILES string of the molecule is Cc1ccsc1/C=C1/Oc2cc(OCC(=O)OC(C)C)ccc2C1=O. The van der Waals surface area contributed by atoms with Gasteiger partial charge >= 0.3 is 5.97 Å². The molecule has 0 radical (unpaired) electrons. The summed E-state index contributed by atoms with van der Waals surface area (Å²) in [5, 5.41) is 1.97. The highest BCUT2D eigenvalue weighted by molar-refractivity contribution is 7.11. The predicted octanol–water partition coefficient (Wildman–Crippen LogP) is 4.00. The van der Waals surface area contributed by atoms with Crippen molar-refractivity contribution in [3.8, 4) is 11.5 Å². The largest absolute Gasteiger partial charge is 0.482 e. The van der Waals surface area contributed by atoms with Gasteiger partial charge in [0.1, 0.15) is 11.5 Å². The normalized spacial score (nSPS) is 14.6. The number of allylic oxidation sites excluding steroid dienone is 1. The third-order valence-electron chi connectivity index (χ3n) is 3.53. The van der Waals surface area contributed by atoms with Crippen LogP contribution in [0.25, 0.3) is 6.08 Å². The van der Waals surface area contributed by atoms with Crippen molar-refractivity contribution in [3.05, 3.63) is 51.4 Å². The molecule has 1 aliphatic rings. The number of ketones is 1. The van der Waals surface area contributed by atoms with Crippen molar-refractivity contribution in [1.82, 2.24) is 0 Å². The number of benzene rings is 1. The van der Waals surface area contributed by atoms with Crippen LogP contribution in [-0.4, -0.2) is 24.5 Å². The second-order valence-electron chi connectivity index (χ2n) is 5.89. The van der Waals surface area contributed by atoms with Crippen molar-refractivity contribution in [2.45, 2.75) is 26.9 Å². The molecule has 0 saturated heterocycles. The summed E-state index contributed by atoms with van der Waals surface area (Å²) < 4.78 is 16.1. The van der Waals surface area contributed by atoms with Crippen LogP contribution in [0.5, 0.6) is 11.5 Å². The Hall–Kier alpha value is -2.60. The minimum Gasteiger partial charge on any atom is -0.482 e. The Bertz CT molecular complexity index is 847. The lowest BCUT2D eigenvalue weighted by atomic mass is 10.1. The predicted molar refractivity (Wildman–Crippen MR) is 95.2 cm³/mol. The van der Waals surface area contributed by atoms with E-state index in [9.17, 15) is 9.59 Å². The summed E-state index contributed by atoms with van der Waals surface area (Å²) in [5.74, 6) is 0.563. The lowest BCUT2D eigenvalue weighted by Crippen LogP contribution is -2.18. The molecule has 0 spiro atoms. The molecule has 1 aromatic carbocycles. The van der Waals surface area contributed by atoms with Gasteiger partial charge < -0.3 is 14.2 Å². The standard InChI is InChI=1S/C19H18O5S/c1-11(2)23-18(20)10-22-13-4-5-14-15(8-13)24-16(19(14)21)9-17-12(3)6-7-25-17/h4-9,11H,10H2,1-3H3/b16-9+. The van der Waals surface area contributed by atoms with E-state index >= 15 is 0 Å². The van der Waals surface area contributed by atoms with Crippen molar-refractivity contribution in [3.63, 3.8) is 0 Å². The first-order valence-corrected chi connectivity index (χ1v) is 8.76. The van der Waals surface area contributed by atoms with Gasteiger partial charge in [-0.1, -0.05) is 0 Å². The first kappa shape index (κ1) is 17.2. The maximum absolute atomic E-state index is 12.4. The molecule has 2 aromatic rings. The average Bonchev–Trinajstić information content (AvgIpc) is 3.09. The zero-order valence-electron chi connectivity index (χ0n) is 14.2. The molecule has 130 valence electrons. The number of hydrogen-bond acceptors (Lipinski definition) is 6. The fourth-order valence-corrected chi connectivity index (χ4v) is 3.20. The van der Waals surface area contributed by atoms with Gasteiger partial charge in [-0.25, -0.2) is 4.79 Å². The maximum atomic E-state index is 12.4. The molecule has 0 bridgehead atoms. The molecule has 0 atom stereocenters. The molecule has 0 N–H and O–H groups in total. The monoisotopic (exact) mass is 358 g/mol. The van der Waals surface area contributed by atoms with Crippen LogP contribution in [-0.2, 0) is 9.53 Å². The van der Waals surface area contributed by atoms with Gasteiger partial charge in [0.2, 0.25) is 5.78 Å². The fraction of sp³-hybridized carbons (Fsp3) is 0.263. The van der Waals surface area contributed by atoms with E-state index in [0.717, 1.165) is 10.4 Å². The van der Waals surface area contributed by atoms with Crippen LogP contribution in [0, 0.1) is 6.92 Å². The van der Waals surface area contributed by atoms with E-state index in [4.69, 9.17) is 14.2 Å². The van der Waals surface area contributed by atoms with Crippen molar-refractivity contribution in [2.24, 2.45) is 0 Å². The van der Waals surface area contributed by atoms with E-state index in [1.165, 1.54) is 0 Å². The summed E-state index contributed by atoms with van der Waals surface area (Å²) in [7, 11) is 0. The average molecular weight is 358 g/mol. The number of esters is 1. The number of thiophene rings is 1. The van der Waals surface area contributed by atoms with Gasteiger partial charge in [-0.05, 0) is 49.9 Å². The van der Waals surface area contributed by atoms with E-state index in [2.05, 4.69) is 0 Å². The maximum Gasteiger partial charge on any atom is 0.344 e. The number of ether oxygens (including phenoxy) is 3. The van der Waals surface area contributed by atoms with Crippen LogP contribution in [0.1, 0.15) is 34.6 Å². The summed E-state index contributed by atoms with van der Waals surface area (Å²) in [6.45, 7) is 5.34. The molecule has 6 heteroatoms. The lowest BCUT2D eigenvalue weighted by molar-refractivity contribution is -0.149. The molecule has 1 aromatic heterocycles. The van der Waals surface area contributed by atoms with Crippen LogP contribution >= 0.6 is 11.3 Å². The van der Waals surface area contributed by atoms with E-state index in [-0.39, 0.29) is 24.3 Å². The number of carbonyl (C=O) groups is 2. The van der Waals surface area contributed by atoms with E-state index in [1.54, 1.807) is 49.5 Å². The van der Waals surface area contributed by atoms with Crippen LogP contribution in [0.3, 0.4) is 0 Å². The zero-order valence-corrected chi connectivity index (χ0v) is 15.0. The molecular formula is C19H18O5S. The molecule has 0 fully saturated rings. The van der Waals surface area contributed by atoms with Crippen LogP contribution in [0.4, 0.5) is 0 Å². The molecule has 5 nitrogen and oxygen atoms in total. The Balaban J connectivity index is 1.72. The summed E-state index contributed by atoms with van der Waals surface area (Å²) >= 11 is 1.55. The minimum absolute atomic E-state index is 0.159. The van der Waals surface area contributed by atoms with Crippen molar-refractivity contribution >= 4 is 29.2 Å². The van der Waals surface area contributed by atoms with E-state index in [1.807, 2.05) is 18.4 Å². The van der Waals surface area contributed by atoms with Gasteiger partial charge in [0, 0.05) is 17.0 Å². The highest BCUT2D eigenvalue weighted by Gasteiger charge is 2.28. The summed E-state index contributed by atoms with van der Waals surface area (Å²) in [6.07, 6.45) is 1.56. The number of hydrogen-bond donors (Lipinski definition) is 0. The summed E-state index contributed by atoms with van der Waals surface area (Å²) in [6, 6.07) is 6.88. The van der Waals surface area contributed by atoms with Crippen molar-refractivity contribution < 1.29 is 23.8 Å². The van der Waals surface area contributed by atoms with Gasteiger partial charge in [-0.3, -0.25) is 4.79 Å². The van der Waals surface area contributed by atoms with Crippen LogP contribution in [0.2, 0.25) is 0 Å². The Kier molecular flexibility index (Phi) is 4.90. The molecule has 0 saturated carbocycles. The topological polar surface area (TPSA) is 61.8 Å². The zero-order chi connectivity index (χ0) is 18.0. The highest BCUT2D eigenvalue weighted by atomic mass is 32.1. The minimum atomic E-state index is -0.443. The molecule has 0 unspecified atom stereocenters. The second kappa shape index (κ2) is 7.11. The van der Waals surface area contributed by atoms with Crippen LogP contribution < -0.4 is 9.47 Å². The molecule has 0 amide bonds. The van der Waals surface area contributed by atoms with Crippen molar-refractivity contribution in [1.29, 1.82) is 0 Å². The fourth-order valence-electron chi connectivity index (χ4n) is 2.35. The highest BCUT2D eigenvalue weighted by Crippen LogP contribution is 2.35. The van der Waals surface area contributed by atoms with Gasteiger partial charge in [-0.15, -0.1) is 11.3 Å². The Morgan fingerprint density at radius 1 is 1.32 bits per heavy atom. The van der Waals surface area contributed by atoms with E-state index < -0.39 is 5.97 Å². The quantitative estimate of drug-likeness (QED) is 0.597. The second-order valence-corrected chi connectivity index (χ2v) is 6.84. The third-order valence-corrected chi connectivity index (χ3v) is 4.50. The first-order chi connectivity index (χ1) is 11.9. The molecule has 0 aliphatic carbocycles. The lowest BCUT2D eigenvalue weighted by Gasteiger charge is -2.09. The molecule has 3 rings (SSSR count). The van der Waals surface area contributed by atoms with Crippen molar-refractivity contribution in [2.75, 3.05) is 6.61 Å². The molecule has 1 aliphatic heterocycles. The summed E-state index contributed by atoms with van der Waals surface area (Å²) in [4.78, 5) is 25.0. The number of aryl methyl sites for hydroxylation is 1. The number of fused-ring (bicyclic) bond motifs is 1. The third kappa shape index (κ3) is 3.91. The van der Waals surface area contributed by atoms with Crippen LogP contribution in [0.15, 0.2) is 35.4 Å². The number of Topliss-reactive ketones (excluding diaryl/α,β-unsaturated/α-hetero) is 1. The van der Waals surface area contributed by atoms with Gasteiger partial charge in [0.25, 0.3) is 0 Å². The Labute approximate surface area is 149 Å². The molecule has 25 heavy (non-hydrogen) atoms. The van der Waals surface area contributed by atoms with E-state index in [0.29, 0.717) is 17.1 Å². The Morgan fingerprint density at radius 2 is 2.12 bits per heavy atom. The van der Waals surface area contributed by atoms with Gasteiger partial charge in [0.05, 0.1) is 11.7 Å². The number of rotatable bonds is 5. The molecule has 2 heterocycles. The molecular weight excluding hydrogens is 340 g/mol. The summed E-state index contributed by atoms with van der Waals surface area (Å²) in [5.41, 5.74) is 1.58. The number of carbonyl (C=O) groups excluding carboxylic acids is 2. The Morgan fingerprint density at radius 3 is 2.80 bits per heavy atom. The first-order valence-electron chi connectivity index (χ1n) is 7.88.